The Kier molecular flexibility index (Phi) is 4.40. The molecule has 18 heavy (non-hydrogen) atoms. The fourth-order valence-electron chi connectivity index (χ4n) is 1.88. The minimum atomic E-state index is 0.822. The summed E-state index contributed by atoms with van der Waals surface area (Å²) < 4.78 is 0. The summed E-state index contributed by atoms with van der Waals surface area (Å²) in [6.07, 6.45) is 1.95. The standard InChI is InChI=1S/C17H17N/c1-2-3-14-18(17-12-8-5-9-13-17)15-16-10-6-4-7-11-16/h3-13H,1,14-15H2. The summed E-state index contributed by atoms with van der Waals surface area (Å²) >= 11 is 0. The van der Waals surface area contributed by atoms with Crippen LogP contribution in [0.2, 0.25) is 0 Å². The number of hydrogen-bond acceptors (Lipinski definition) is 1. The van der Waals surface area contributed by atoms with Gasteiger partial charge in [0, 0.05) is 18.8 Å². The van der Waals surface area contributed by atoms with E-state index in [9.17, 15) is 0 Å². The van der Waals surface area contributed by atoms with Gasteiger partial charge in [-0.25, -0.2) is 0 Å². The molecule has 0 aliphatic rings. The summed E-state index contributed by atoms with van der Waals surface area (Å²) in [7, 11) is 0. The fraction of sp³-hybridized carbons (Fsp3) is 0.118. The molecule has 0 bridgehead atoms. The van der Waals surface area contributed by atoms with E-state index in [1.807, 2.05) is 18.2 Å². The summed E-state index contributed by atoms with van der Waals surface area (Å²) in [6.45, 7) is 5.34. The molecule has 0 aliphatic heterocycles. The van der Waals surface area contributed by atoms with Gasteiger partial charge in [0.1, 0.15) is 0 Å². The Morgan fingerprint density at radius 2 is 1.56 bits per heavy atom. The molecule has 0 fully saturated rings. The first-order valence-electron chi connectivity index (χ1n) is 6.08. The van der Waals surface area contributed by atoms with Crippen molar-refractivity contribution in [3.8, 4) is 0 Å². The molecule has 0 spiro atoms. The van der Waals surface area contributed by atoms with Gasteiger partial charge in [0.25, 0.3) is 0 Å². The predicted molar refractivity (Wildman–Crippen MR) is 77.6 cm³/mol. The molecule has 0 atom stereocenters. The number of benzene rings is 2. The Morgan fingerprint density at radius 1 is 0.944 bits per heavy atom. The van der Waals surface area contributed by atoms with Gasteiger partial charge in [-0.15, -0.1) is 5.73 Å². The van der Waals surface area contributed by atoms with Crippen LogP contribution in [0.3, 0.4) is 0 Å². The first-order valence-corrected chi connectivity index (χ1v) is 6.08. The Morgan fingerprint density at radius 3 is 2.17 bits per heavy atom. The first kappa shape index (κ1) is 12.2. The molecule has 1 nitrogen and oxygen atoms in total. The highest BCUT2D eigenvalue weighted by atomic mass is 15.1. The SMILES string of the molecule is C=C=CCN(Cc1ccccc1)c1ccccc1. The van der Waals surface area contributed by atoms with Crippen molar-refractivity contribution in [3.05, 3.63) is 84.6 Å². The Hall–Kier alpha value is -2.24. The third-order valence-electron chi connectivity index (χ3n) is 2.79. The molecule has 0 saturated carbocycles. The summed E-state index contributed by atoms with van der Waals surface area (Å²) in [5.41, 5.74) is 5.36. The predicted octanol–water partition coefficient (Wildman–Crippen LogP) is 4.03. The number of para-hydroxylation sites is 1. The lowest BCUT2D eigenvalue weighted by molar-refractivity contribution is 0.868. The van der Waals surface area contributed by atoms with Crippen LogP contribution in [-0.2, 0) is 6.54 Å². The van der Waals surface area contributed by atoms with Crippen molar-refractivity contribution in [2.24, 2.45) is 0 Å². The van der Waals surface area contributed by atoms with E-state index in [2.05, 4.69) is 65.7 Å². The zero-order valence-electron chi connectivity index (χ0n) is 10.4. The average molecular weight is 235 g/mol. The molecule has 2 aromatic carbocycles. The van der Waals surface area contributed by atoms with Gasteiger partial charge in [0.2, 0.25) is 0 Å². The van der Waals surface area contributed by atoms with E-state index in [1.54, 1.807) is 0 Å². The normalized spacial score (nSPS) is 9.56. The van der Waals surface area contributed by atoms with Crippen molar-refractivity contribution in [3.63, 3.8) is 0 Å². The maximum Gasteiger partial charge on any atom is 0.0437 e. The molecule has 1 heteroatoms. The molecule has 0 saturated heterocycles. The second kappa shape index (κ2) is 6.48. The van der Waals surface area contributed by atoms with Gasteiger partial charge in [-0.2, -0.15) is 0 Å². The molecule has 0 N–H and O–H groups in total. The maximum absolute atomic E-state index is 3.63. The molecule has 0 radical (unpaired) electrons. The maximum atomic E-state index is 3.63. The van der Waals surface area contributed by atoms with E-state index in [1.165, 1.54) is 11.3 Å². The number of nitrogens with zero attached hydrogens (tertiary/aromatic N) is 1. The highest BCUT2D eigenvalue weighted by molar-refractivity contribution is 5.47. The number of anilines is 1. The summed E-state index contributed by atoms with van der Waals surface area (Å²) in [4.78, 5) is 2.30. The molecule has 2 aromatic rings. The Balaban J connectivity index is 2.18. The van der Waals surface area contributed by atoms with Gasteiger partial charge >= 0.3 is 0 Å². The van der Waals surface area contributed by atoms with E-state index in [-0.39, 0.29) is 0 Å². The molecule has 0 amide bonds. The minimum Gasteiger partial charge on any atom is -0.363 e. The van der Waals surface area contributed by atoms with Crippen LogP contribution in [0.1, 0.15) is 5.56 Å². The quantitative estimate of drug-likeness (QED) is 0.707. The van der Waals surface area contributed by atoms with Crippen LogP contribution in [-0.4, -0.2) is 6.54 Å². The van der Waals surface area contributed by atoms with Crippen LogP contribution in [0.15, 0.2) is 79.0 Å². The van der Waals surface area contributed by atoms with E-state index >= 15 is 0 Å². The van der Waals surface area contributed by atoms with Crippen molar-refractivity contribution in [2.75, 3.05) is 11.4 Å². The zero-order valence-corrected chi connectivity index (χ0v) is 10.4. The fourth-order valence-corrected chi connectivity index (χ4v) is 1.88. The average Bonchev–Trinajstić information content (AvgIpc) is 2.45. The summed E-state index contributed by atoms with van der Waals surface area (Å²) in [6, 6.07) is 20.9. The second-order valence-corrected chi connectivity index (χ2v) is 4.11. The molecule has 0 heterocycles. The summed E-state index contributed by atoms with van der Waals surface area (Å²) in [5.74, 6) is 0. The molecule has 2 rings (SSSR count). The minimum absolute atomic E-state index is 0.822. The smallest absolute Gasteiger partial charge is 0.0437 e. The monoisotopic (exact) mass is 235 g/mol. The lowest BCUT2D eigenvalue weighted by Gasteiger charge is -2.23. The summed E-state index contributed by atoms with van der Waals surface area (Å²) in [5, 5.41) is 0. The first-order chi connectivity index (χ1) is 8.90. The van der Waals surface area contributed by atoms with Crippen molar-refractivity contribution in [1.82, 2.24) is 0 Å². The van der Waals surface area contributed by atoms with Crippen LogP contribution < -0.4 is 4.90 Å². The largest absolute Gasteiger partial charge is 0.363 e. The van der Waals surface area contributed by atoms with Crippen LogP contribution >= 0.6 is 0 Å². The van der Waals surface area contributed by atoms with Crippen molar-refractivity contribution in [2.45, 2.75) is 6.54 Å². The molecule has 0 aromatic heterocycles. The number of rotatable bonds is 5. The topological polar surface area (TPSA) is 3.24 Å². The van der Waals surface area contributed by atoms with Crippen molar-refractivity contribution >= 4 is 5.69 Å². The van der Waals surface area contributed by atoms with E-state index < -0.39 is 0 Å². The Labute approximate surface area is 109 Å². The molecular weight excluding hydrogens is 218 g/mol. The lowest BCUT2D eigenvalue weighted by atomic mass is 10.2. The second-order valence-electron chi connectivity index (χ2n) is 4.11. The van der Waals surface area contributed by atoms with E-state index in [4.69, 9.17) is 0 Å². The van der Waals surface area contributed by atoms with Gasteiger partial charge in [-0.3, -0.25) is 0 Å². The van der Waals surface area contributed by atoms with Crippen LogP contribution in [0.25, 0.3) is 0 Å². The number of hydrogen-bond donors (Lipinski definition) is 0. The van der Waals surface area contributed by atoms with Gasteiger partial charge in [0.05, 0.1) is 0 Å². The highest BCUT2D eigenvalue weighted by Crippen LogP contribution is 2.16. The molecule has 90 valence electrons. The lowest BCUT2D eigenvalue weighted by Crippen LogP contribution is -2.22. The van der Waals surface area contributed by atoms with E-state index in [0.29, 0.717) is 0 Å². The molecule has 0 aliphatic carbocycles. The van der Waals surface area contributed by atoms with Gasteiger partial charge in [-0.1, -0.05) is 55.1 Å². The molecule has 0 unspecified atom stereocenters. The Bertz CT molecular complexity index is 510. The van der Waals surface area contributed by atoms with Gasteiger partial charge in [-0.05, 0) is 23.8 Å². The van der Waals surface area contributed by atoms with Gasteiger partial charge in [0.15, 0.2) is 0 Å². The molecular formula is C17H17N. The third kappa shape index (κ3) is 3.38. The van der Waals surface area contributed by atoms with Gasteiger partial charge < -0.3 is 4.90 Å². The van der Waals surface area contributed by atoms with Crippen molar-refractivity contribution in [1.29, 1.82) is 0 Å². The van der Waals surface area contributed by atoms with Crippen molar-refractivity contribution < 1.29 is 0 Å². The zero-order chi connectivity index (χ0) is 12.6. The van der Waals surface area contributed by atoms with Crippen LogP contribution in [0.5, 0.6) is 0 Å². The highest BCUT2D eigenvalue weighted by Gasteiger charge is 2.04. The van der Waals surface area contributed by atoms with Crippen LogP contribution in [0.4, 0.5) is 5.69 Å². The van der Waals surface area contributed by atoms with E-state index in [0.717, 1.165) is 13.1 Å². The van der Waals surface area contributed by atoms with Crippen LogP contribution in [0, 0.1) is 0 Å². The third-order valence-corrected chi connectivity index (χ3v) is 2.79.